The number of hydrogen-bond acceptors (Lipinski definition) is 3. The van der Waals surface area contributed by atoms with Gasteiger partial charge in [0.1, 0.15) is 0 Å². The van der Waals surface area contributed by atoms with Gasteiger partial charge in [-0.25, -0.2) is 0 Å². The Morgan fingerprint density at radius 1 is 1.35 bits per heavy atom. The maximum atomic E-state index is 12.3. The minimum absolute atomic E-state index is 0.0345. The van der Waals surface area contributed by atoms with E-state index in [2.05, 4.69) is 12.2 Å². The first-order chi connectivity index (χ1) is 9.63. The van der Waals surface area contributed by atoms with Gasteiger partial charge in [-0.2, -0.15) is 0 Å². The third kappa shape index (κ3) is 3.44. The number of carbonyl (C=O) groups excluding carboxylic acids is 1. The van der Waals surface area contributed by atoms with Crippen molar-refractivity contribution >= 4 is 5.91 Å². The fourth-order valence-electron chi connectivity index (χ4n) is 2.69. The maximum absolute atomic E-state index is 12.3. The van der Waals surface area contributed by atoms with Gasteiger partial charge in [0.25, 0.3) is 5.91 Å². The minimum atomic E-state index is -0.0345. The molecule has 0 radical (unpaired) electrons. The van der Waals surface area contributed by atoms with Crippen LogP contribution in [0.25, 0.3) is 0 Å². The van der Waals surface area contributed by atoms with Crippen molar-refractivity contribution in [1.82, 2.24) is 5.32 Å². The van der Waals surface area contributed by atoms with Gasteiger partial charge in [0.2, 0.25) is 0 Å². The van der Waals surface area contributed by atoms with Crippen LogP contribution in [0.1, 0.15) is 43.5 Å². The van der Waals surface area contributed by atoms with E-state index in [0.717, 1.165) is 12.8 Å². The highest BCUT2D eigenvalue weighted by Gasteiger charge is 2.23. The first-order valence-electron chi connectivity index (χ1n) is 7.25. The first kappa shape index (κ1) is 14.7. The lowest BCUT2D eigenvalue weighted by atomic mass is 10.1. The second-order valence-corrected chi connectivity index (χ2v) is 5.39. The topological polar surface area (TPSA) is 47.6 Å². The summed E-state index contributed by atoms with van der Waals surface area (Å²) < 4.78 is 10.7. The fourth-order valence-corrected chi connectivity index (χ4v) is 2.69. The Labute approximate surface area is 120 Å². The monoisotopic (exact) mass is 277 g/mol. The number of methoxy groups -OCH3 is 1. The molecule has 1 saturated carbocycles. The van der Waals surface area contributed by atoms with Crippen LogP contribution in [-0.4, -0.2) is 25.7 Å². The number of amides is 1. The summed E-state index contributed by atoms with van der Waals surface area (Å²) in [5.41, 5.74) is 0.619. The number of benzene rings is 1. The van der Waals surface area contributed by atoms with Gasteiger partial charge >= 0.3 is 0 Å². The van der Waals surface area contributed by atoms with Crippen LogP contribution >= 0.6 is 0 Å². The number of ether oxygens (including phenoxy) is 2. The molecule has 0 aromatic heterocycles. The van der Waals surface area contributed by atoms with E-state index in [1.807, 2.05) is 6.92 Å². The van der Waals surface area contributed by atoms with Gasteiger partial charge in [-0.1, -0.05) is 6.92 Å². The van der Waals surface area contributed by atoms with Crippen LogP contribution in [0.5, 0.6) is 11.5 Å². The Morgan fingerprint density at radius 3 is 2.75 bits per heavy atom. The molecule has 20 heavy (non-hydrogen) atoms. The first-order valence-corrected chi connectivity index (χ1v) is 7.25. The molecule has 0 bridgehead atoms. The summed E-state index contributed by atoms with van der Waals surface area (Å²) in [7, 11) is 1.59. The van der Waals surface area contributed by atoms with E-state index in [-0.39, 0.29) is 5.91 Å². The molecule has 4 nitrogen and oxygen atoms in total. The summed E-state index contributed by atoms with van der Waals surface area (Å²) in [6.07, 6.45) is 3.33. The molecule has 1 aromatic carbocycles. The van der Waals surface area contributed by atoms with Gasteiger partial charge in [0, 0.05) is 11.6 Å². The highest BCUT2D eigenvalue weighted by atomic mass is 16.5. The molecule has 2 rings (SSSR count). The summed E-state index contributed by atoms with van der Waals surface area (Å²) >= 11 is 0. The number of nitrogens with one attached hydrogen (secondary N) is 1. The molecule has 1 aromatic rings. The lowest BCUT2D eigenvalue weighted by Crippen LogP contribution is -2.32. The van der Waals surface area contributed by atoms with Crippen LogP contribution in [0.15, 0.2) is 18.2 Å². The highest BCUT2D eigenvalue weighted by molar-refractivity contribution is 5.95. The molecule has 1 amide bonds. The summed E-state index contributed by atoms with van der Waals surface area (Å²) in [4.78, 5) is 12.3. The Balaban J connectivity index is 2.07. The Morgan fingerprint density at radius 2 is 2.15 bits per heavy atom. The van der Waals surface area contributed by atoms with Crippen LogP contribution in [0.3, 0.4) is 0 Å². The van der Waals surface area contributed by atoms with Crippen molar-refractivity contribution in [2.24, 2.45) is 5.92 Å². The molecule has 2 unspecified atom stereocenters. The Kier molecular flexibility index (Phi) is 4.88. The van der Waals surface area contributed by atoms with Crippen molar-refractivity contribution in [3.63, 3.8) is 0 Å². The smallest absolute Gasteiger partial charge is 0.251 e. The Hall–Kier alpha value is -1.71. The second-order valence-electron chi connectivity index (χ2n) is 5.39. The second kappa shape index (κ2) is 6.64. The molecule has 0 spiro atoms. The van der Waals surface area contributed by atoms with Crippen LogP contribution in [0.4, 0.5) is 0 Å². The lowest BCUT2D eigenvalue weighted by molar-refractivity contribution is 0.0936. The molecule has 110 valence electrons. The summed E-state index contributed by atoms with van der Waals surface area (Å²) in [5.74, 6) is 1.93. The number of carbonyl (C=O) groups is 1. The normalized spacial score (nSPS) is 21.6. The van der Waals surface area contributed by atoms with Gasteiger partial charge in [-0.15, -0.1) is 0 Å². The predicted octanol–water partition coefficient (Wildman–Crippen LogP) is 3.01. The zero-order valence-corrected chi connectivity index (χ0v) is 12.4. The van der Waals surface area contributed by atoms with Crippen molar-refractivity contribution in [1.29, 1.82) is 0 Å². The van der Waals surface area contributed by atoms with Crippen molar-refractivity contribution in [2.45, 2.75) is 39.2 Å². The summed E-state index contributed by atoms with van der Waals surface area (Å²) in [6, 6.07) is 5.60. The molecule has 1 aliphatic rings. The van der Waals surface area contributed by atoms with Crippen LogP contribution in [0, 0.1) is 5.92 Å². The van der Waals surface area contributed by atoms with Gasteiger partial charge in [0.05, 0.1) is 13.7 Å². The van der Waals surface area contributed by atoms with Gasteiger partial charge < -0.3 is 14.8 Å². The highest BCUT2D eigenvalue weighted by Crippen LogP contribution is 2.29. The van der Waals surface area contributed by atoms with E-state index in [4.69, 9.17) is 9.47 Å². The van der Waals surface area contributed by atoms with Gasteiger partial charge in [0.15, 0.2) is 11.5 Å². The maximum Gasteiger partial charge on any atom is 0.251 e. The summed E-state index contributed by atoms with van der Waals surface area (Å²) in [5, 5.41) is 3.10. The van der Waals surface area contributed by atoms with Crippen molar-refractivity contribution in [2.75, 3.05) is 13.7 Å². The quantitative estimate of drug-likeness (QED) is 0.900. The molecular weight excluding hydrogens is 254 g/mol. The third-order valence-corrected chi connectivity index (χ3v) is 3.76. The fraction of sp³-hybridized carbons (Fsp3) is 0.562. The van der Waals surface area contributed by atoms with E-state index in [1.54, 1.807) is 25.3 Å². The predicted molar refractivity (Wildman–Crippen MR) is 78.4 cm³/mol. The van der Waals surface area contributed by atoms with E-state index in [1.165, 1.54) is 6.42 Å². The standard InChI is InChI=1S/C16H23NO3/c1-4-20-15-10-12(6-8-14(15)19-3)16(18)17-13-7-5-11(2)9-13/h6,8,10-11,13H,4-5,7,9H2,1-3H3,(H,17,18). The SMILES string of the molecule is CCOc1cc(C(=O)NC2CCC(C)C2)ccc1OC. The molecular formula is C16H23NO3. The lowest BCUT2D eigenvalue weighted by Gasteiger charge is -2.14. The molecule has 1 fully saturated rings. The molecule has 1 aliphatic carbocycles. The zero-order valence-electron chi connectivity index (χ0n) is 12.4. The van der Waals surface area contributed by atoms with Crippen LogP contribution in [0.2, 0.25) is 0 Å². The van der Waals surface area contributed by atoms with Crippen molar-refractivity contribution in [3.8, 4) is 11.5 Å². The molecule has 0 aliphatic heterocycles. The van der Waals surface area contributed by atoms with Gasteiger partial charge in [-0.3, -0.25) is 4.79 Å². The average Bonchev–Trinajstić information content (AvgIpc) is 2.84. The molecule has 1 N–H and O–H groups in total. The molecule has 0 heterocycles. The number of rotatable bonds is 5. The number of hydrogen-bond donors (Lipinski definition) is 1. The van der Waals surface area contributed by atoms with E-state index in [9.17, 15) is 4.79 Å². The van der Waals surface area contributed by atoms with Crippen LogP contribution < -0.4 is 14.8 Å². The molecule has 2 atom stereocenters. The largest absolute Gasteiger partial charge is 0.493 e. The molecule has 4 heteroatoms. The third-order valence-electron chi connectivity index (χ3n) is 3.76. The Bertz CT molecular complexity index is 473. The van der Waals surface area contributed by atoms with Crippen LogP contribution in [-0.2, 0) is 0 Å². The minimum Gasteiger partial charge on any atom is -0.493 e. The average molecular weight is 277 g/mol. The molecule has 0 saturated heterocycles. The van der Waals surface area contributed by atoms with Gasteiger partial charge in [-0.05, 0) is 50.3 Å². The van der Waals surface area contributed by atoms with Crippen molar-refractivity contribution < 1.29 is 14.3 Å². The van der Waals surface area contributed by atoms with E-state index < -0.39 is 0 Å². The van der Waals surface area contributed by atoms with E-state index >= 15 is 0 Å². The van der Waals surface area contributed by atoms with Crippen molar-refractivity contribution in [3.05, 3.63) is 23.8 Å². The zero-order chi connectivity index (χ0) is 14.5. The summed E-state index contributed by atoms with van der Waals surface area (Å²) in [6.45, 7) is 4.68. The van der Waals surface area contributed by atoms with E-state index in [0.29, 0.717) is 35.6 Å².